The molecule has 0 aromatic heterocycles. The van der Waals surface area contributed by atoms with E-state index in [1.54, 1.807) is 12.1 Å². The largest absolute Gasteiger partial charge is 0.381 e. The molecule has 0 bridgehead atoms. The summed E-state index contributed by atoms with van der Waals surface area (Å²) in [5.74, 6) is -3.24. The molecule has 172 valence electrons. The number of morpholine rings is 1. The Hall–Kier alpha value is -3.23. The summed E-state index contributed by atoms with van der Waals surface area (Å²) in [6.07, 6.45) is -6.07. The predicted octanol–water partition coefficient (Wildman–Crippen LogP) is 1.89. The fourth-order valence-corrected chi connectivity index (χ4v) is 4.06. The number of nitrogens with one attached hydrogen (secondary N) is 2. The highest BCUT2D eigenvalue weighted by Crippen LogP contribution is 2.32. The molecule has 2 aromatic rings. The Morgan fingerprint density at radius 3 is 2.67 bits per heavy atom. The summed E-state index contributed by atoms with van der Waals surface area (Å²) in [7, 11) is 0. The van der Waals surface area contributed by atoms with E-state index in [0.717, 1.165) is 4.90 Å². The number of benzene rings is 2. The van der Waals surface area contributed by atoms with Gasteiger partial charge in [0.05, 0.1) is 18.7 Å². The number of anilines is 1. The third-order valence-electron chi connectivity index (χ3n) is 5.78. The fourth-order valence-electron chi connectivity index (χ4n) is 4.06. The van der Waals surface area contributed by atoms with Gasteiger partial charge >= 0.3 is 0 Å². The lowest BCUT2D eigenvalue weighted by molar-refractivity contribution is -0.136. The molecule has 0 aliphatic carbocycles. The second-order valence-electron chi connectivity index (χ2n) is 7.95. The number of fused-ring (bicyclic) bond motifs is 1. The van der Waals surface area contributed by atoms with Gasteiger partial charge in [0.25, 0.3) is 5.91 Å². The molecule has 2 saturated heterocycles. The van der Waals surface area contributed by atoms with Crippen molar-refractivity contribution in [2.24, 2.45) is 0 Å². The summed E-state index contributed by atoms with van der Waals surface area (Å²) in [6.45, 7) is 2.22. The number of carbonyl (C=O) groups excluding carboxylic acids is 3. The van der Waals surface area contributed by atoms with Crippen LogP contribution >= 0.6 is 0 Å². The van der Waals surface area contributed by atoms with E-state index in [2.05, 4.69) is 5.32 Å². The van der Waals surface area contributed by atoms with Crippen molar-refractivity contribution in [3.05, 3.63) is 64.6 Å². The zero-order valence-electron chi connectivity index (χ0n) is 25.8. The molecule has 3 heterocycles. The van der Waals surface area contributed by atoms with Crippen molar-refractivity contribution in [1.29, 1.82) is 0 Å². The van der Waals surface area contributed by atoms with Gasteiger partial charge in [-0.3, -0.25) is 24.6 Å². The van der Waals surface area contributed by atoms with Crippen molar-refractivity contribution in [2.75, 3.05) is 31.6 Å². The summed E-state index contributed by atoms with van der Waals surface area (Å²) in [5.41, 5.74) is 1.35. The van der Waals surface area contributed by atoms with Gasteiger partial charge in [-0.15, -0.1) is 0 Å². The highest BCUT2D eigenvalue weighted by Gasteiger charge is 2.39. The Morgan fingerprint density at radius 2 is 1.88 bits per heavy atom. The summed E-state index contributed by atoms with van der Waals surface area (Å²) < 4.78 is 71.8. The first-order valence-corrected chi connectivity index (χ1v) is 10.7. The van der Waals surface area contributed by atoms with Crippen molar-refractivity contribution in [2.45, 2.75) is 38.4 Å². The van der Waals surface area contributed by atoms with Crippen LogP contribution in [0.25, 0.3) is 0 Å². The maximum Gasteiger partial charge on any atom is 0.255 e. The Labute approximate surface area is 204 Å². The molecule has 5 rings (SSSR count). The molecule has 1 atom stereocenters. The molecular weight excluding hydrogens is 420 g/mol. The van der Waals surface area contributed by atoms with E-state index in [9.17, 15) is 14.4 Å². The van der Waals surface area contributed by atoms with E-state index in [0.29, 0.717) is 43.1 Å². The van der Waals surface area contributed by atoms with E-state index in [1.807, 2.05) is 10.2 Å². The number of hydrogen-bond donors (Lipinski definition) is 2. The van der Waals surface area contributed by atoms with Crippen LogP contribution < -0.4 is 10.6 Å². The van der Waals surface area contributed by atoms with Crippen LogP contribution in [0, 0.1) is 0 Å². The third kappa shape index (κ3) is 4.62. The maximum atomic E-state index is 13.3. The lowest BCUT2D eigenvalue weighted by atomic mass is 10.0. The summed E-state index contributed by atoms with van der Waals surface area (Å²) in [6, 6.07) is 2.11. The molecule has 3 aliphatic heterocycles. The number of imide groups is 1. The summed E-state index contributed by atoms with van der Waals surface area (Å²) in [5, 5.41) is 4.89. The van der Waals surface area contributed by atoms with Gasteiger partial charge in [-0.2, -0.15) is 0 Å². The van der Waals surface area contributed by atoms with Crippen LogP contribution in [0.15, 0.2) is 42.4 Å². The van der Waals surface area contributed by atoms with E-state index in [4.69, 9.17) is 15.7 Å². The first kappa shape index (κ1) is 14.1. The molecule has 2 aromatic carbocycles. The first-order chi connectivity index (χ1) is 19.3. The zero-order valence-corrected chi connectivity index (χ0v) is 17.8. The van der Waals surface area contributed by atoms with Gasteiger partial charge in [-0.25, -0.2) is 0 Å². The Morgan fingerprint density at radius 1 is 1.12 bits per heavy atom. The lowest BCUT2D eigenvalue weighted by Crippen LogP contribution is -2.52. The van der Waals surface area contributed by atoms with E-state index in [1.165, 1.54) is 6.07 Å². The van der Waals surface area contributed by atoms with Crippen LogP contribution in [-0.2, 0) is 34.0 Å². The zero-order chi connectivity index (χ0) is 29.9. The van der Waals surface area contributed by atoms with Gasteiger partial charge in [0.2, 0.25) is 11.8 Å². The Kier molecular flexibility index (Phi) is 3.99. The Bertz CT molecular complexity index is 1420. The molecule has 3 amide bonds. The van der Waals surface area contributed by atoms with Gasteiger partial charge in [-0.1, -0.05) is 30.2 Å². The highest BCUT2D eigenvalue weighted by molar-refractivity contribution is 6.06. The monoisotopic (exact) mass is 456 g/mol. The molecule has 2 N–H and O–H groups in total. The van der Waals surface area contributed by atoms with Gasteiger partial charge in [0, 0.05) is 61.4 Å². The van der Waals surface area contributed by atoms with Gasteiger partial charge < -0.3 is 15.0 Å². The molecule has 33 heavy (non-hydrogen) atoms. The van der Waals surface area contributed by atoms with Crippen LogP contribution in [0.4, 0.5) is 5.69 Å². The standard InChI is InChI=1S/C25H28N4O4/c30-23-9-8-22(24(31)27-23)29-16-20-19(25(29)32)2-1-3-21(20)26-14-17-4-6-18(7-5-17)15-28-10-12-33-13-11-28/h1-7,22,26H,8-16H2,(H,27,30,31)/t22-/m0/s1/i4D,5D,6D,7D,8D2,9D2. The number of hydrogen-bond acceptors (Lipinski definition) is 6. The van der Waals surface area contributed by atoms with E-state index < -0.39 is 36.5 Å². The minimum Gasteiger partial charge on any atom is -0.381 e. The topological polar surface area (TPSA) is 91.0 Å². The Balaban J connectivity index is 1.40. The van der Waals surface area contributed by atoms with Gasteiger partial charge in [0.15, 0.2) is 0 Å². The molecule has 0 unspecified atom stereocenters. The highest BCUT2D eigenvalue weighted by atomic mass is 16.5. The van der Waals surface area contributed by atoms with Crippen LogP contribution in [0.3, 0.4) is 0 Å². The van der Waals surface area contributed by atoms with E-state index in [-0.39, 0.29) is 54.9 Å². The number of piperidine rings is 1. The van der Waals surface area contributed by atoms with Crippen molar-refractivity contribution >= 4 is 23.4 Å². The van der Waals surface area contributed by atoms with Crippen molar-refractivity contribution < 1.29 is 30.1 Å². The van der Waals surface area contributed by atoms with Crippen molar-refractivity contribution in [1.82, 2.24) is 15.1 Å². The molecule has 8 nitrogen and oxygen atoms in total. The fraction of sp³-hybridized carbons (Fsp3) is 0.400. The molecule has 2 fully saturated rings. The number of nitrogens with zero attached hydrogens (tertiary/aromatic N) is 2. The number of carbonyl (C=O) groups is 3. The second kappa shape index (κ2) is 9.33. The molecule has 3 aliphatic rings. The van der Waals surface area contributed by atoms with Crippen LogP contribution in [-0.4, -0.2) is 59.9 Å². The van der Waals surface area contributed by atoms with Crippen LogP contribution in [0.1, 0.15) is 50.8 Å². The van der Waals surface area contributed by atoms with Crippen molar-refractivity contribution in [3.63, 3.8) is 0 Å². The number of amides is 3. The molecule has 0 saturated carbocycles. The van der Waals surface area contributed by atoms with Gasteiger partial charge in [0.1, 0.15) is 6.04 Å². The molecule has 0 radical (unpaired) electrons. The average Bonchev–Trinajstić information content (AvgIpc) is 3.26. The normalized spacial score (nSPS) is 27.7. The number of rotatable bonds is 6. The maximum absolute atomic E-state index is 13.3. The predicted molar refractivity (Wildman–Crippen MR) is 122 cm³/mol. The third-order valence-corrected chi connectivity index (χ3v) is 5.78. The average molecular weight is 457 g/mol. The minimum atomic E-state index is -3.06. The van der Waals surface area contributed by atoms with Crippen LogP contribution in [0.2, 0.25) is 0 Å². The first-order valence-electron chi connectivity index (χ1n) is 14.7. The minimum absolute atomic E-state index is 0.111. The SMILES string of the molecule is [2H]c1c([2H])c(CN2CCOCC2)c([2H])c([2H])c1CNc1cccc2c1CN([C@@H]1C(=O)NC(=O)C([2H])([2H])C1([2H])[2H])C2=O. The van der Waals surface area contributed by atoms with E-state index >= 15 is 0 Å². The smallest absolute Gasteiger partial charge is 0.255 e. The lowest BCUT2D eigenvalue weighted by Gasteiger charge is -2.29. The number of ether oxygens (including phenoxy) is 1. The quantitative estimate of drug-likeness (QED) is 0.645. The second-order valence-corrected chi connectivity index (χ2v) is 7.95. The summed E-state index contributed by atoms with van der Waals surface area (Å²) >= 11 is 0. The molecule has 8 heteroatoms. The summed E-state index contributed by atoms with van der Waals surface area (Å²) in [4.78, 5) is 40.8. The van der Waals surface area contributed by atoms with Crippen LogP contribution in [0.5, 0.6) is 0 Å². The van der Waals surface area contributed by atoms with Crippen molar-refractivity contribution in [3.8, 4) is 0 Å². The van der Waals surface area contributed by atoms with Gasteiger partial charge in [-0.05, 0) is 29.6 Å². The molecule has 0 spiro atoms. The molecular formula is C25H28N4O4.